The zero-order valence-electron chi connectivity index (χ0n) is 5.94. The molecule has 0 aliphatic heterocycles. The van der Waals surface area contributed by atoms with Crippen molar-refractivity contribution in [3.63, 3.8) is 0 Å². The molecule has 0 nitrogen and oxygen atoms in total. The van der Waals surface area contributed by atoms with Crippen LogP contribution in [-0.4, -0.2) is 0 Å². The van der Waals surface area contributed by atoms with Gasteiger partial charge in [-0.2, -0.15) is 0 Å². The fourth-order valence-corrected chi connectivity index (χ4v) is 0.422. The predicted molar refractivity (Wildman–Crippen MR) is 37.5 cm³/mol. The van der Waals surface area contributed by atoms with Crippen LogP contribution in [0.25, 0.3) is 0 Å². The van der Waals surface area contributed by atoms with Crippen molar-refractivity contribution in [2.75, 3.05) is 0 Å². The highest BCUT2D eigenvalue weighted by molar-refractivity contribution is 5.00. The molecule has 0 saturated carbocycles. The molecule has 0 unspecified atom stereocenters. The van der Waals surface area contributed by atoms with E-state index >= 15 is 0 Å². The summed E-state index contributed by atoms with van der Waals surface area (Å²) in [5.41, 5.74) is 0.929. The van der Waals surface area contributed by atoms with Crippen molar-refractivity contribution < 1.29 is 0 Å². The Morgan fingerprint density at radius 2 is 2.12 bits per heavy atom. The zero-order chi connectivity index (χ0) is 6.57. The van der Waals surface area contributed by atoms with Crippen molar-refractivity contribution in [2.24, 2.45) is 5.92 Å². The average Bonchev–Trinajstić information content (AvgIpc) is 1.61. The van der Waals surface area contributed by atoms with Gasteiger partial charge in [-0.1, -0.05) is 25.5 Å². The molecule has 0 saturated heterocycles. The van der Waals surface area contributed by atoms with Gasteiger partial charge in [0.05, 0.1) is 0 Å². The molecule has 0 aliphatic carbocycles. The van der Waals surface area contributed by atoms with E-state index in [1.165, 1.54) is 0 Å². The van der Waals surface area contributed by atoms with Crippen LogP contribution in [0, 0.1) is 12.8 Å². The Balaban J connectivity index is 3.29. The third-order valence-electron chi connectivity index (χ3n) is 0.911. The summed E-state index contributed by atoms with van der Waals surface area (Å²) in [6.07, 6.45) is 3.16. The highest BCUT2D eigenvalue weighted by atomic mass is 13.9. The van der Waals surface area contributed by atoms with E-state index < -0.39 is 0 Å². The van der Waals surface area contributed by atoms with Gasteiger partial charge >= 0.3 is 0 Å². The first-order valence-corrected chi connectivity index (χ1v) is 3.05. The summed E-state index contributed by atoms with van der Waals surface area (Å²) >= 11 is 0. The molecule has 0 heteroatoms. The number of allylic oxidation sites excluding steroid dienone is 2. The lowest BCUT2D eigenvalue weighted by Gasteiger charge is -1.96. The molecule has 0 fully saturated rings. The second kappa shape index (κ2) is 3.71. The molecule has 0 N–H and O–H groups in total. The van der Waals surface area contributed by atoms with E-state index in [-0.39, 0.29) is 0 Å². The normalized spacial score (nSPS) is 12.9. The molecule has 46 valence electrons. The van der Waals surface area contributed by atoms with Crippen molar-refractivity contribution in [2.45, 2.75) is 27.2 Å². The number of hydrogen-bond acceptors (Lipinski definition) is 0. The van der Waals surface area contributed by atoms with Gasteiger partial charge in [-0.25, -0.2) is 0 Å². The number of rotatable bonds is 2. The maximum Gasteiger partial charge on any atom is -0.00630 e. The van der Waals surface area contributed by atoms with Gasteiger partial charge < -0.3 is 0 Å². The van der Waals surface area contributed by atoms with Gasteiger partial charge in [0, 0.05) is 0 Å². The first kappa shape index (κ1) is 7.74. The van der Waals surface area contributed by atoms with Crippen molar-refractivity contribution >= 4 is 0 Å². The average molecular weight is 110 g/mol. The van der Waals surface area contributed by atoms with Gasteiger partial charge in [-0.3, -0.25) is 0 Å². The van der Waals surface area contributed by atoms with Gasteiger partial charge in [-0.05, 0) is 26.2 Å². The van der Waals surface area contributed by atoms with Crippen LogP contribution in [-0.2, 0) is 0 Å². The topological polar surface area (TPSA) is 0 Å². The van der Waals surface area contributed by atoms with Crippen LogP contribution in [0.15, 0.2) is 11.6 Å². The quantitative estimate of drug-likeness (QED) is 0.512. The largest absolute Gasteiger partial charge is 0.0850 e. The molecule has 0 heterocycles. The summed E-state index contributed by atoms with van der Waals surface area (Å²) in [5.74, 6) is 0.730. The summed E-state index contributed by atoms with van der Waals surface area (Å²) in [7, 11) is 0. The molecule has 0 aromatic carbocycles. The van der Waals surface area contributed by atoms with Crippen molar-refractivity contribution in [3.8, 4) is 0 Å². The SMILES string of the molecule is [CH]/C(C)=C/CC(C)C. The summed E-state index contributed by atoms with van der Waals surface area (Å²) in [5, 5.41) is 0. The van der Waals surface area contributed by atoms with E-state index in [1.54, 1.807) is 0 Å². The van der Waals surface area contributed by atoms with E-state index in [1.807, 2.05) is 6.92 Å². The Bertz CT molecular complexity index is 74.0. The Kier molecular flexibility index (Phi) is 3.59. The lowest BCUT2D eigenvalue weighted by atomic mass is 10.1. The van der Waals surface area contributed by atoms with E-state index in [2.05, 4.69) is 19.9 Å². The Morgan fingerprint density at radius 3 is 2.25 bits per heavy atom. The van der Waals surface area contributed by atoms with Gasteiger partial charge in [-0.15, -0.1) is 0 Å². The van der Waals surface area contributed by atoms with Crippen molar-refractivity contribution in [3.05, 3.63) is 18.6 Å². The molecular formula is C8H14. The first-order valence-electron chi connectivity index (χ1n) is 3.05. The van der Waals surface area contributed by atoms with Crippen LogP contribution in [0.2, 0.25) is 0 Å². The minimum Gasteiger partial charge on any atom is -0.0850 e. The molecule has 0 aliphatic rings. The lowest BCUT2D eigenvalue weighted by molar-refractivity contribution is 0.662. The maximum absolute atomic E-state index is 5.40. The van der Waals surface area contributed by atoms with Gasteiger partial charge in [0.2, 0.25) is 0 Å². The Hall–Kier alpha value is -0.260. The fourth-order valence-electron chi connectivity index (χ4n) is 0.422. The van der Waals surface area contributed by atoms with Gasteiger partial charge in [0.1, 0.15) is 0 Å². The van der Waals surface area contributed by atoms with Crippen LogP contribution in [0.5, 0.6) is 0 Å². The van der Waals surface area contributed by atoms with E-state index in [0.29, 0.717) is 0 Å². The van der Waals surface area contributed by atoms with E-state index in [0.717, 1.165) is 17.9 Å². The highest BCUT2D eigenvalue weighted by Gasteiger charge is 1.86. The maximum atomic E-state index is 5.40. The molecule has 0 rings (SSSR count). The molecule has 0 amide bonds. The molecule has 0 atom stereocenters. The van der Waals surface area contributed by atoms with Crippen LogP contribution >= 0.6 is 0 Å². The highest BCUT2D eigenvalue weighted by Crippen LogP contribution is 2.02. The molecule has 0 bridgehead atoms. The van der Waals surface area contributed by atoms with Gasteiger partial charge in [0.25, 0.3) is 0 Å². The molecule has 0 aromatic rings. The second-order valence-corrected chi connectivity index (χ2v) is 2.58. The van der Waals surface area contributed by atoms with E-state index in [4.69, 9.17) is 6.92 Å². The molecule has 8 heavy (non-hydrogen) atoms. The lowest BCUT2D eigenvalue weighted by Crippen LogP contribution is -1.81. The minimum absolute atomic E-state index is 0.730. The van der Waals surface area contributed by atoms with Crippen LogP contribution in [0.3, 0.4) is 0 Å². The molecule has 0 aromatic heterocycles. The van der Waals surface area contributed by atoms with Crippen molar-refractivity contribution in [1.29, 1.82) is 0 Å². The number of hydrogen-bond donors (Lipinski definition) is 0. The van der Waals surface area contributed by atoms with Crippen LogP contribution in [0.1, 0.15) is 27.2 Å². The monoisotopic (exact) mass is 110 g/mol. The summed E-state index contributed by atoms with van der Waals surface area (Å²) in [6, 6.07) is 0. The predicted octanol–water partition coefficient (Wildman–Crippen LogP) is 2.69. The molecule has 0 spiro atoms. The van der Waals surface area contributed by atoms with Gasteiger partial charge in [0.15, 0.2) is 0 Å². The van der Waals surface area contributed by atoms with E-state index in [9.17, 15) is 0 Å². The third-order valence-corrected chi connectivity index (χ3v) is 0.911. The van der Waals surface area contributed by atoms with Crippen LogP contribution < -0.4 is 0 Å². The Morgan fingerprint density at radius 1 is 1.62 bits per heavy atom. The molecular weight excluding hydrogens is 96.1 g/mol. The minimum atomic E-state index is 0.730. The van der Waals surface area contributed by atoms with Crippen molar-refractivity contribution in [1.82, 2.24) is 0 Å². The standard InChI is InChI=1S/C8H14/c1-7(2)5-6-8(3)4/h1,5,8H,6H2,2-4H3/b7-5-. The third kappa shape index (κ3) is 5.74. The fraction of sp³-hybridized carbons (Fsp3) is 0.625. The second-order valence-electron chi connectivity index (χ2n) is 2.58. The summed E-state index contributed by atoms with van der Waals surface area (Å²) < 4.78 is 0. The van der Waals surface area contributed by atoms with Crippen LogP contribution in [0.4, 0.5) is 0 Å². The zero-order valence-corrected chi connectivity index (χ0v) is 5.94. The smallest absolute Gasteiger partial charge is 0.00630 e. The molecule has 2 radical (unpaired) electrons. The Labute approximate surface area is 52.6 Å². The summed E-state index contributed by atoms with van der Waals surface area (Å²) in [6.45, 7) is 11.7. The first-order chi connectivity index (χ1) is 3.63. The summed E-state index contributed by atoms with van der Waals surface area (Å²) in [4.78, 5) is 0.